The Morgan fingerprint density at radius 3 is 0.944 bits per heavy atom. The Bertz CT molecular complexity index is 3450. The first-order valence-electron chi connectivity index (χ1n) is 31.1. The first kappa shape index (κ1) is 65.9. The number of halogens is 12. The fourth-order valence-corrected chi connectivity index (χ4v) is 13.2. The molecule has 0 unspecified atom stereocenters. The van der Waals surface area contributed by atoms with Crippen LogP contribution in [-0.4, -0.2) is 144 Å². The van der Waals surface area contributed by atoms with Crippen LogP contribution in [0.1, 0.15) is 123 Å². The number of fused-ring (bicyclic) bond motifs is 3. The van der Waals surface area contributed by atoms with Gasteiger partial charge in [-0.25, -0.2) is 13.2 Å². The van der Waals surface area contributed by atoms with Gasteiger partial charge in [-0.3, -0.25) is 29.1 Å². The smallest absolute Gasteiger partial charge is 0.369 e. The van der Waals surface area contributed by atoms with E-state index in [9.17, 15) is 67.1 Å². The summed E-state index contributed by atoms with van der Waals surface area (Å²) < 4.78 is 164. The summed E-state index contributed by atoms with van der Waals surface area (Å²) >= 11 is 0. The van der Waals surface area contributed by atoms with Crippen LogP contribution in [0.25, 0.3) is 0 Å². The van der Waals surface area contributed by atoms with Crippen LogP contribution < -0.4 is 14.7 Å². The van der Waals surface area contributed by atoms with Crippen LogP contribution in [0.5, 0.6) is 0 Å². The number of hydrogen-bond acceptors (Lipinski definition) is 9. The molecule has 6 aliphatic rings. The molecular formula is C66H75F12N9O3. The molecule has 0 bridgehead atoms. The minimum atomic E-state index is -4.70. The molecule has 3 aromatic carbocycles. The molecule has 12 nitrogen and oxygen atoms in total. The summed E-state index contributed by atoms with van der Waals surface area (Å²) in [5, 5.41) is 0. The topological polar surface area (TPSA) is 85.4 Å². The van der Waals surface area contributed by atoms with Crippen molar-refractivity contribution in [3.05, 3.63) is 159 Å². The van der Waals surface area contributed by atoms with Crippen molar-refractivity contribution in [3.63, 3.8) is 0 Å². The molecule has 24 heteroatoms. The molecule has 0 N–H and O–H groups in total. The van der Waals surface area contributed by atoms with E-state index in [-0.39, 0.29) is 17.3 Å². The lowest BCUT2D eigenvalue weighted by Crippen LogP contribution is -2.47. The molecule has 486 valence electrons. The third kappa shape index (κ3) is 16.2. The molecule has 3 fully saturated rings. The molecular weight excluding hydrogens is 1190 g/mol. The maximum atomic E-state index is 13.5. The van der Waals surface area contributed by atoms with Gasteiger partial charge in [-0.1, -0.05) is 0 Å². The van der Waals surface area contributed by atoms with E-state index < -0.39 is 52.7 Å². The Labute approximate surface area is 515 Å². The van der Waals surface area contributed by atoms with Gasteiger partial charge in [0.2, 0.25) is 0 Å². The SMILES string of the molecule is O=C1CCCc2c1ccn2CCCCN1CCN(c2ccc(F)c(C(F)(F)F)c2)CC1.O=C1CCCc2c1ccn2CCCN1CCN(c2ccc(F)c(C(F)(F)F)c2)CC1.O=C1CCCc2c1ccn2CCN1CCN(c2ccc(F)c(C(F)(F)F)c2)CC1. The average Bonchev–Trinajstić information content (AvgIpc) is 1.49. The van der Waals surface area contributed by atoms with E-state index in [1.54, 1.807) is 0 Å². The highest BCUT2D eigenvalue weighted by Gasteiger charge is 2.38. The minimum absolute atomic E-state index is 0.219. The van der Waals surface area contributed by atoms with Crippen molar-refractivity contribution < 1.29 is 67.1 Å². The molecule has 90 heavy (non-hydrogen) atoms. The van der Waals surface area contributed by atoms with Crippen molar-refractivity contribution >= 4 is 34.4 Å². The lowest BCUT2D eigenvalue weighted by Gasteiger charge is -2.36. The van der Waals surface area contributed by atoms with Crippen LogP contribution in [0.4, 0.5) is 69.7 Å². The number of Topliss-reactive ketones (excluding diaryl/α,β-unsaturated/α-hetero) is 3. The second-order valence-corrected chi connectivity index (χ2v) is 24.0. The predicted octanol–water partition coefficient (Wildman–Crippen LogP) is 13.1. The van der Waals surface area contributed by atoms with E-state index in [1.165, 1.54) is 23.9 Å². The minimum Gasteiger partial charge on any atom is -0.369 e. The van der Waals surface area contributed by atoms with Gasteiger partial charge in [-0.05, 0) is 144 Å². The summed E-state index contributed by atoms with van der Waals surface area (Å²) in [6.07, 6.45) is 2.40. The van der Waals surface area contributed by atoms with E-state index in [0.29, 0.717) is 75.6 Å². The average molecular weight is 1270 g/mol. The Balaban J connectivity index is 0.000000149. The number of carbonyl (C=O) groups is 3. The van der Waals surface area contributed by atoms with Crippen molar-refractivity contribution in [2.75, 3.05) is 113 Å². The third-order valence-corrected chi connectivity index (χ3v) is 18.2. The molecule has 0 atom stereocenters. The number of unbranched alkanes of at least 4 members (excludes halogenated alkanes) is 1. The summed E-state index contributed by atoms with van der Waals surface area (Å²) in [5.41, 5.74) is 3.62. The lowest BCUT2D eigenvalue weighted by molar-refractivity contribution is -0.140. The zero-order chi connectivity index (χ0) is 63.9. The predicted molar refractivity (Wildman–Crippen MR) is 319 cm³/mol. The molecule has 3 aliphatic carbocycles. The molecule has 3 aromatic heterocycles. The van der Waals surface area contributed by atoms with Gasteiger partial charge >= 0.3 is 18.5 Å². The Hall–Kier alpha value is -7.05. The quantitative estimate of drug-likeness (QED) is 0.0737. The summed E-state index contributed by atoms with van der Waals surface area (Å²) in [7, 11) is 0. The Morgan fingerprint density at radius 2 is 0.611 bits per heavy atom. The molecule has 6 aromatic rings. The molecule has 3 saturated heterocycles. The van der Waals surface area contributed by atoms with Crippen molar-refractivity contribution in [2.45, 2.75) is 115 Å². The fourth-order valence-electron chi connectivity index (χ4n) is 13.2. The van der Waals surface area contributed by atoms with Gasteiger partial charge in [0.1, 0.15) is 17.5 Å². The van der Waals surface area contributed by atoms with Crippen molar-refractivity contribution in [1.82, 2.24) is 28.4 Å². The van der Waals surface area contributed by atoms with Crippen molar-refractivity contribution in [1.29, 1.82) is 0 Å². The highest BCUT2D eigenvalue weighted by molar-refractivity contribution is 5.99. The zero-order valence-corrected chi connectivity index (χ0v) is 50.2. The molecule has 6 heterocycles. The number of aryl methyl sites for hydroxylation is 2. The maximum absolute atomic E-state index is 13.5. The first-order chi connectivity index (χ1) is 43.0. The summed E-state index contributed by atoms with van der Waals surface area (Å²) in [5.74, 6) is -3.01. The number of aromatic nitrogens is 3. The molecule has 0 saturated carbocycles. The highest BCUT2D eigenvalue weighted by Crippen LogP contribution is 2.37. The van der Waals surface area contributed by atoms with Gasteiger partial charge in [0.05, 0.1) is 16.7 Å². The number of benzene rings is 3. The third-order valence-electron chi connectivity index (χ3n) is 18.2. The lowest BCUT2D eigenvalue weighted by atomic mass is 9.97. The van der Waals surface area contributed by atoms with Crippen LogP contribution in [0.15, 0.2) is 91.4 Å². The van der Waals surface area contributed by atoms with E-state index in [2.05, 4.69) is 28.4 Å². The number of carbonyl (C=O) groups excluding carboxylic acids is 3. The van der Waals surface area contributed by atoms with Crippen LogP contribution in [0, 0.1) is 17.5 Å². The number of piperazine rings is 3. The Morgan fingerprint density at radius 1 is 0.322 bits per heavy atom. The van der Waals surface area contributed by atoms with E-state index in [1.807, 2.05) is 51.5 Å². The molecule has 3 aliphatic heterocycles. The largest absolute Gasteiger partial charge is 0.419 e. The molecule has 0 radical (unpaired) electrons. The Kier molecular flexibility index (Phi) is 21.0. The van der Waals surface area contributed by atoms with E-state index >= 15 is 0 Å². The van der Waals surface area contributed by atoms with E-state index in [0.717, 1.165) is 201 Å². The summed E-state index contributed by atoms with van der Waals surface area (Å²) in [6, 6.07) is 15.4. The van der Waals surface area contributed by atoms with Crippen LogP contribution in [0.3, 0.4) is 0 Å². The first-order valence-corrected chi connectivity index (χ1v) is 31.1. The molecule has 0 spiro atoms. The summed E-state index contributed by atoms with van der Waals surface area (Å²) in [4.78, 5) is 48.4. The monoisotopic (exact) mass is 1270 g/mol. The van der Waals surface area contributed by atoms with Gasteiger partial charge in [-0.2, -0.15) is 39.5 Å². The zero-order valence-electron chi connectivity index (χ0n) is 50.2. The second-order valence-electron chi connectivity index (χ2n) is 24.0. The van der Waals surface area contributed by atoms with Gasteiger partial charge in [0, 0.05) is 193 Å². The molecule has 12 rings (SSSR count). The van der Waals surface area contributed by atoms with Gasteiger partial charge in [0.25, 0.3) is 0 Å². The number of anilines is 3. The fraction of sp³-hybridized carbons (Fsp3) is 0.500. The summed E-state index contributed by atoms with van der Waals surface area (Å²) in [6.45, 7) is 13.3. The van der Waals surface area contributed by atoms with Crippen LogP contribution >= 0.6 is 0 Å². The van der Waals surface area contributed by atoms with Crippen molar-refractivity contribution in [2.24, 2.45) is 0 Å². The number of ketones is 3. The van der Waals surface area contributed by atoms with Crippen LogP contribution in [0.2, 0.25) is 0 Å². The number of hydrogen-bond donors (Lipinski definition) is 0. The van der Waals surface area contributed by atoms with E-state index in [4.69, 9.17) is 0 Å². The van der Waals surface area contributed by atoms with Gasteiger partial charge in [-0.15, -0.1) is 0 Å². The highest BCUT2D eigenvalue weighted by atomic mass is 19.4. The number of rotatable bonds is 15. The normalized spacial score (nSPS) is 18.0. The number of nitrogens with zero attached hydrogens (tertiary/aromatic N) is 9. The van der Waals surface area contributed by atoms with Gasteiger partial charge in [0.15, 0.2) is 17.3 Å². The van der Waals surface area contributed by atoms with Gasteiger partial charge < -0.3 is 28.4 Å². The number of alkyl halides is 9. The standard InChI is InChI=1S/C23H27F4N3O.C22H25F4N3O.C21H23F4N3O/c24-20-7-6-17(16-19(20)23(25,26)27)29-14-12-28(13-15-29)9-1-2-10-30-11-8-18-21(30)4-3-5-22(18)31;23-19-6-5-16(15-18(19)22(24,25)26)28-13-11-27(12-14-28)8-2-9-29-10-7-17-20(29)3-1-4-21(17)30;22-18-5-4-15(14-17(18)21(23,24)25)27-11-8-26(9-12-27)10-13-28-7-6-16-19(28)2-1-3-20(16)29/h6-8,11,16H,1-5,9-10,12-15H2;5-7,10,15H,1-4,8-9,11-14H2;4-7,14H,1-3,8-13H2. The maximum Gasteiger partial charge on any atom is 0.419 e. The van der Waals surface area contributed by atoms with Crippen LogP contribution in [-0.2, 0) is 57.4 Å². The second kappa shape index (κ2) is 28.6. The van der Waals surface area contributed by atoms with Crippen molar-refractivity contribution in [3.8, 4) is 0 Å². The molecule has 0 amide bonds.